The van der Waals surface area contributed by atoms with E-state index in [4.69, 9.17) is 5.11 Å². The lowest BCUT2D eigenvalue weighted by Crippen LogP contribution is -2.13. The molecule has 2 N–H and O–H groups in total. The van der Waals surface area contributed by atoms with E-state index in [9.17, 15) is 19.7 Å². The third-order valence-corrected chi connectivity index (χ3v) is 2.59. The number of non-ortho nitro benzene ring substituents is 1. The van der Waals surface area contributed by atoms with Crippen LogP contribution in [0.4, 0.5) is 11.5 Å². The number of aromatic nitrogens is 1. The summed E-state index contributed by atoms with van der Waals surface area (Å²) < 4.78 is 0. The minimum atomic E-state index is -1.12. The maximum Gasteiger partial charge on any atom is 0.337 e. The fourth-order valence-electron chi connectivity index (χ4n) is 1.52. The molecular weight excluding hydrogens is 278 g/mol. The van der Waals surface area contributed by atoms with Gasteiger partial charge in [0.05, 0.1) is 10.5 Å². The fourth-order valence-corrected chi connectivity index (χ4v) is 1.52. The number of aromatic carboxylic acids is 1. The standard InChI is InChI=1S/C13H9N3O5/c17-12(8-1-4-10(5-2-8)16(20)21)15-11-6-3-9(7-14-11)13(18)19/h1-7H,(H,18,19)(H,14,15,17). The molecule has 0 atom stereocenters. The molecule has 21 heavy (non-hydrogen) atoms. The zero-order chi connectivity index (χ0) is 15.4. The van der Waals surface area contributed by atoms with Crippen molar-refractivity contribution in [3.63, 3.8) is 0 Å². The normalized spacial score (nSPS) is 9.90. The first-order valence-electron chi connectivity index (χ1n) is 5.72. The number of nitro benzene ring substituents is 1. The van der Waals surface area contributed by atoms with Gasteiger partial charge in [-0.3, -0.25) is 14.9 Å². The van der Waals surface area contributed by atoms with Crippen molar-refractivity contribution in [3.05, 3.63) is 63.8 Å². The Morgan fingerprint density at radius 3 is 2.19 bits per heavy atom. The highest BCUT2D eigenvalue weighted by Crippen LogP contribution is 2.13. The van der Waals surface area contributed by atoms with Gasteiger partial charge in [-0.05, 0) is 24.3 Å². The summed E-state index contributed by atoms with van der Waals surface area (Å²) in [5.74, 6) is -1.43. The van der Waals surface area contributed by atoms with Gasteiger partial charge in [-0.2, -0.15) is 0 Å². The molecule has 0 aliphatic heterocycles. The first kappa shape index (κ1) is 14.1. The number of benzene rings is 1. The van der Waals surface area contributed by atoms with Gasteiger partial charge in [0.1, 0.15) is 5.82 Å². The smallest absolute Gasteiger partial charge is 0.337 e. The number of nitrogens with one attached hydrogen (secondary N) is 1. The zero-order valence-corrected chi connectivity index (χ0v) is 10.5. The molecule has 8 heteroatoms. The molecule has 0 unspecified atom stereocenters. The quantitative estimate of drug-likeness (QED) is 0.654. The molecule has 0 aliphatic carbocycles. The minimum absolute atomic E-state index is 0.00309. The predicted octanol–water partition coefficient (Wildman–Crippen LogP) is 1.94. The van der Waals surface area contributed by atoms with Gasteiger partial charge in [-0.15, -0.1) is 0 Å². The molecule has 1 aromatic heterocycles. The monoisotopic (exact) mass is 287 g/mol. The Morgan fingerprint density at radius 1 is 1.10 bits per heavy atom. The Balaban J connectivity index is 2.10. The summed E-state index contributed by atoms with van der Waals surface area (Å²) in [5.41, 5.74) is 0.114. The lowest BCUT2D eigenvalue weighted by Gasteiger charge is -2.04. The molecule has 8 nitrogen and oxygen atoms in total. The highest BCUT2D eigenvalue weighted by molar-refractivity contribution is 6.04. The van der Waals surface area contributed by atoms with Crippen molar-refractivity contribution >= 4 is 23.4 Å². The minimum Gasteiger partial charge on any atom is -0.478 e. The maximum absolute atomic E-state index is 11.9. The predicted molar refractivity (Wildman–Crippen MR) is 72.2 cm³/mol. The number of rotatable bonds is 4. The van der Waals surface area contributed by atoms with Crippen molar-refractivity contribution in [1.29, 1.82) is 0 Å². The highest BCUT2D eigenvalue weighted by atomic mass is 16.6. The van der Waals surface area contributed by atoms with Crippen LogP contribution in [-0.2, 0) is 0 Å². The van der Waals surface area contributed by atoms with Crippen LogP contribution in [0.2, 0.25) is 0 Å². The van der Waals surface area contributed by atoms with Gasteiger partial charge in [0.15, 0.2) is 0 Å². The van der Waals surface area contributed by atoms with Crippen LogP contribution in [0, 0.1) is 10.1 Å². The summed E-state index contributed by atoms with van der Waals surface area (Å²) in [7, 11) is 0. The molecule has 0 radical (unpaired) electrons. The first-order chi connectivity index (χ1) is 9.97. The molecule has 2 rings (SSSR count). The molecule has 1 heterocycles. The summed E-state index contributed by atoms with van der Waals surface area (Å²) in [5, 5.41) is 21.7. The number of carbonyl (C=O) groups is 2. The first-order valence-corrected chi connectivity index (χ1v) is 5.72. The van der Waals surface area contributed by atoms with Gasteiger partial charge in [0, 0.05) is 23.9 Å². The zero-order valence-electron chi connectivity index (χ0n) is 10.5. The molecular formula is C13H9N3O5. The molecule has 0 fully saturated rings. The van der Waals surface area contributed by atoms with Crippen molar-refractivity contribution in [2.24, 2.45) is 0 Å². The van der Waals surface area contributed by atoms with E-state index in [1.807, 2.05) is 0 Å². The number of anilines is 1. The largest absolute Gasteiger partial charge is 0.478 e. The van der Waals surface area contributed by atoms with Gasteiger partial charge in [-0.25, -0.2) is 9.78 Å². The van der Waals surface area contributed by atoms with E-state index in [1.165, 1.54) is 36.4 Å². The lowest BCUT2D eigenvalue weighted by atomic mass is 10.2. The van der Waals surface area contributed by atoms with Crippen LogP contribution >= 0.6 is 0 Å². The van der Waals surface area contributed by atoms with E-state index < -0.39 is 16.8 Å². The topological polar surface area (TPSA) is 122 Å². The van der Waals surface area contributed by atoms with E-state index in [0.29, 0.717) is 0 Å². The SMILES string of the molecule is O=C(O)c1ccc(NC(=O)c2ccc([N+](=O)[O-])cc2)nc1. The number of carboxylic acids is 1. The van der Waals surface area contributed by atoms with Gasteiger partial charge in [0.2, 0.25) is 0 Å². The van der Waals surface area contributed by atoms with Gasteiger partial charge < -0.3 is 10.4 Å². The summed E-state index contributed by atoms with van der Waals surface area (Å²) >= 11 is 0. The van der Waals surface area contributed by atoms with Crippen molar-refractivity contribution in [2.45, 2.75) is 0 Å². The summed E-state index contributed by atoms with van der Waals surface area (Å²) in [6, 6.07) is 7.73. The average Bonchev–Trinajstić information content (AvgIpc) is 2.47. The Kier molecular flexibility index (Phi) is 3.89. The van der Waals surface area contributed by atoms with E-state index in [1.54, 1.807) is 0 Å². The Labute approximate surface area is 118 Å². The Morgan fingerprint density at radius 2 is 1.71 bits per heavy atom. The number of carbonyl (C=O) groups excluding carboxylic acids is 1. The molecule has 0 aliphatic rings. The molecule has 0 saturated heterocycles. The molecule has 2 aromatic rings. The molecule has 106 valence electrons. The lowest BCUT2D eigenvalue weighted by molar-refractivity contribution is -0.384. The Bertz CT molecular complexity index is 695. The fraction of sp³-hybridized carbons (Fsp3) is 0. The van der Waals surface area contributed by atoms with Crippen LogP contribution in [0.3, 0.4) is 0 Å². The van der Waals surface area contributed by atoms with E-state index >= 15 is 0 Å². The number of amides is 1. The molecule has 0 bridgehead atoms. The van der Waals surface area contributed by atoms with Crippen LogP contribution < -0.4 is 5.32 Å². The van der Waals surface area contributed by atoms with E-state index in [2.05, 4.69) is 10.3 Å². The molecule has 0 spiro atoms. The van der Waals surface area contributed by atoms with Gasteiger partial charge >= 0.3 is 5.97 Å². The van der Waals surface area contributed by atoms with E-state index in [-0.39, 0.29) is 22.6 Å². The van der Waals surface area contributed by atoms with Gasteiger partial charge in [0.25, 0.3) is 11.6 Å². The van der Waals surface area contributed by atoms with Crippen molar-refractivity contribution < 1.29 is 19.6 Å². The van der Waals surface area contributed by atoms with Crippen LogP contribution in [0.5, 0.6) is 0 Å². The summed E-state index contributed by atoms with van der Waals surface area (Å²) in [6.07, 6.45) is 1.12. The van der Waals surface area contributed by atoms with Crippen molar-refractivity contribution in [1.82, 2.24) is 4.98 Å². The van der Waals surface area contributed by atoms with Crippen molar-refractivity contribution in [3.8, 4) is 0 Å². The van der Waals surface area contributed by atoms with Gasteiger partial charge in [-0.1, -0.05) is 0 Å². The molecule has 1 aromatic carbocycles. The Hall–Kier alpha value is -3.29. The number of pyridine rings is 1. The average molecular weight is 287 g/mol. The number of nitrogens with zero attached hydrogens (tertiary/aromatic N) is 2. The number of hydrogen-bond donors (Lipinski definition) is 2. The molecule has 1 amide bonds. The van der Waals surface area contributed by atoms with Crippen LogP contribution in [0.1, 0.15) is 20.7 Å². The number of carboxylic acid groups (broad SMARTS) is 1. The third kappa shape index (κ3) is 3.38. The highest BCUT2D eigenvalue weighted by Gasteiger charge is 2.10. The second-order valence-electron chi connectivity index (χ2n) is 4.00. The summed E-state index contributed by atoms with van der Waals surface area (Å²) in [4.78, 5) is 36.3. The number of hydrogen-bond acceptors (Lipinski definition) is 5. The number of nitro groups is 1. The van der Waals surface area contributed by atoms with E-state index in [0.717, 1.165) is 6.20 Å². The van der Waals surface area contributed by atoms with Crippen LogP contribution in [0.15, 0.2) is 42.6 Å². The maximum atomic E-state index is 11.9. The van der Waals surface area contributed by atoms with Crippen LogP contribution in [0.25, 0.3) is 0 Å². The second-order valence-corrected chi connectivity index (χ2v) is 4.00. The summed E-state index contributed by atoms with van der Waals surface area (Å²) in [6.45, 7) is 0. The third-order valence-electron chi connectivity index (χ3n) is 2.59. The van der Waals surface area contributed by atoms with Crippen molar-refractivity contribution in [2.75, 3.05) is 5.32 Å². The van der Waals surface area contributed by atoms with Crippen LogP contribution in [-0.4, -0.2) is 26.9 Å². The second kappa shape index (κ2) is 5.78. The molecule has 0 saturated carbocycles.